The molecule has 0 aromatic rings. The van der Waals surface area contributed by atoms with Crippen molar-refractivity contribution in [2.45, 2.75) is 26.4 Å². The van der Waals surface area contributed by atoms with E-state index in [0.717, 1.165) is 0 Å². The maximum atomic E-state index is 11.0. The Morgan fingerprint density at radius 3 is 2.57 bits per heavy atom. The lowest BCUT2D eigenvalue weighted by Crippen LogP contribution is -2.29. The molecule has 0 aliphatic heterocycles. The smallest absolute Gasteiger partial charge is 0.411 e. The van der Waals surface area contributed by atoms with Crippen LogP contribution in [0.15, 0.2) is 24.4 Å². The molecule has 2 N–H and O–H groups in total. The number of aliphatic hydroxyl groups is 1. The Bertz CT molecular complexity index is 226. The van der Waals surface area contributed by atoms with Crippen LogP contribution in [0.25, 0.3) is 0 Å². The predicted molar refractivity (Wildman–Crippen MR) is 54.7 cm³/mol. The summed E-state index contributed by atoms with van der Waals surface area (Å²) in [5.74, 6) is 0. The lowest BCUT2D eigenvalue weighted by molar-refractivity contribution is 0.0552. The van der Waals surface area contributed by atoms with E-state index >= 15 is 0 Å². The second-order valence-electron chi connectivity index (χ2n) is 3.62. The van der Waals surface area contributed by atoms with Gasteiger partial charge in [0.15, 0.2) is 0 Å². The van der Waals surface area contributed by atoms with Crippen LogP contribution in [0.1, 0.15) is 20.8 Å². The molecule has 80 valence electrons. The molecular formula is C10H17NO3. The fourth-order valence-electron chi connectivity index (χ4n) is 0.619. The molecule has 0 aliphatic carbocycles. The van der Waals surface area contributed by atoms with Crippen LogP contribution in [0.2, 0.25) is 0 Å². The third kappa shape index (κ3) is 8.80. The Morgan fingerprint density at radius 2 is 2.07 bits per heavy atom. The molecule has 1 amide bonds. The van der Waals surface area contributed by atoms with Crippen molar-refractivity contribution in [3.8, 4) is 0 Å². The van der Waals surface area contributed by atoms with E-state index in [9.17, 15) is 4.79 Å². The van der Waals surface area contributed by atoms with E-state index in [0.29, 0.717) is 0 Å². The van der Waals surface area contributed by atoms with Gasteiger partial charge in [0.2, 0.25) is 0 Å². The van der Waals surface area contributed by atoms with Crippen LogP contribution in [-0.4, -0.2) is 23.4 Å². The second kappa shape index (κ2) is 6.21. The van der Waals surface area contributed by atoms with Crippen LogP contribution in [0.4, 0.5) is 4.79 Å². The van der Waals surface area contributed by atoms with E-state index in [1.165, 1.54) is 6.20 Å². The monoisotopic (exact) mass is 199 g/mol. The summed E-state index contributed by atoms with van der Waals surface area (Å²) in [6, 6.07) is 0. The normalized spacial score (nSPS) is 12.3. The molecule has 0 aliphatic rings. The molecule has 0 heterocycles. The van der Waals surface area contributed by atoms with Gasteiger partial charge >= 0.3 is 6.09 Å². The molecular weight excluding hydrogens is 182 g/mol. The van der Waals surface area contributed by atoms with Crippen molar-refractivity contribution in [3.63, 3.8) is 0 Å². The second-order valence-corrected chi connectivity index (χ2v) is 3.62. The summed E-state index contributed by atoms with van der Waals surface area (Å²) in [5.41, 5.74) is -0.487. The number of aliphatic hydroxyl groups excluding tert-OH is 1. The molecule has 0 saturated heterocycles. The highest BCUT2D eigenvalue weighted by atomic mass is 16.6. The standard InChI is InChI=1S/C10H17NO3/c1-10(2,3)14-9(13)11-7-5-4-6-8-12/h4-7,12H,8H2,1-3H3,(H,11,13). The van der Waals surface area contributed by atoms with E-state index in [1.54, 1.807) is 39.0 Å². The third-order valence-corrected chi connectivity index (χ3v) is 1.05. The number of allylic oxidation sites excluding steroid dienone is 2. The van der Waals surface area contributed by atoms with Crippen molar-refractivity contribution in [2.24, 2.45) is 0 Å². The number of carbonyl (C=O) groups is 1. The third-order valence-electron chi connectivity index (χ3n) is 1.05. The van der Waals surface area contributed by atoms with E-state index < -0.39 is 11.7 Å². The number of rotatable bonds is 3. The molecule has 0 bridgehead atoms. The molecule has 0 rings (SSSR count). The van der Waals surface area contributed by atoms with Crippen LogP contribution in [0, 0.1) is 0 Å². The first-order valence-corrected chi connectivity index (χ1v) is 4.38. The number of alkyl carbamates (subject to hydrolysis) is 1. The van der Waals surface area contributed by atoms with Crippen LogP contribution < -0.4 is 5.32 Å². The Morgan fingerprint density at radius 1 is 1.43 bits per heavy atom. The number of nitrogens with one attached hydrogen (secondary N) is 1. The van der Waals surface area contributed by atoms with E-state index in [2.05, 4.69) is 5.32 Å². The highest BCUT2D eigenvalue weighted by molar-refractivity contribution is 5.68. The zero-order valence-electron chi connectivity index (χ0n) is 8.78. The van der Waals surface area contributed by atoms with Gasteiger partial charge in [-0.15, -0.1) is 0 Å². The summed E-state index contributed by atoms with van der Waals surface area (Å²) in [4.78, 5) is 11.0. The molecule has 0 spiro atoms. The fraction of sp³-hybridized carbons (Fsp3) is 0.500. The van der Waals surface area contributed by atoms with Gasteiger partial charge in [0, 0.05) is 6.20 Å². The van der Waals surface area contributed by atoms with Crippen molar-refractivity contribution < 1.29 is 14.6 Å². The van der Waals surface area contributed by atoms with Gasteiger partial charge in [0.05, 0.1) is 6.61 Å². The minimum atomic E-state index is -0.494. The summed E-state index contributed by atoms with van der Waals surface area (Å²) in [6.07, 6.45) is 5.72. The SMILES string of the molecule is CC(C)(C)OC(=O)NC=CC=CCO. The Kier molecular flexibility index (Phi) is 5.64. The van der Waals surface area contributed by atoms with E-state index in [4.69, 9.17) is 9.84 Å². The van der Waals surface area contributed by atoms with Gasteiger partial charge in [-0.25, -0.2) is 4.79 Å². The average Bonchev–Trinajstić information content (AvgIpc) is 2.00. The van der Waals surface area contributed by atoms with Gasteiger partial charge in [-0.05, 0) is 26.8 Å². The van der Waals surface area contributed by atoms with Crippen LogP contribution >= 0.6 is 0 Å². The lowest BCUT2D eigenvalue weighted by Gasteiger charge is -2.18. The molecule has 0 atom stereocenters. The molecule has 0 aromatic carbocycles. The van der Waals surface area contributed by atoms with Gasteiger partial charge in [-0.3, -0.25) is 5.32 Å². The highest BCUT2D eigenvalue weighted by Crippen LogP contribution is 2.06. The quantitative estimate of drug-likeness (QED) is 0.678. The van der Waals surface area contributed by atoms with Crippen molar-refractivity contribution in [1.82, 2.24) is 5.32 Å². The van der Waals surface area contributed by atoms with Crippen molar-refractivity contribution in [3.05, 3.63) is 24.4 Å². The van der Waals surface area contributed by atoms with Gasteiger partial charge in [0.25, 0.3) is 0 Å². The summed E-state index contributed by atoms with van der Waals surface area (Å²) >= 11 is 0. The Labute approximate surface area is 84.3 Å². The van der Waals surface area contributed by atoms with Crippen molar-refractivity contribution in [1.29, 1.82) is 0 Å². The van der Waals surface area contributed by atoms with E-state index in [-0.39, 0.29) is 6.61 Å². The molecule has 14 heavy (non-hydrogen) atoms. The van der Waals surface area contributed by atoms with Crippen molar-refractivity contribution in [2.75, 3.05) is 6.61 Å². The maximum absolute atomic E-state index is 11.0. The molecule has 0 saturated carbocycles. The topological polar surface area (TPSA) is 58.6 Å². The average molecular weight is 199 g/mol. The Hall–Kier alpha value is -1.29. The molecule has 4 nitrogen and oxygen atoms in total. The summed E-state index contributed by atoms with van der Waals surface area (Å²) < 4.78 is 4.97. The lowest BCUT2D eigenvalue weighted by atomic mass is 10.2. The molecule has 0 aromatic heterocycles. The Balaban J connectivity index is 3.75. The molecule has 4 heteroatoms. The van der Waals surface area contributed by atoms with Gasteiger partial charge in [0.1, 0.15) is 5.60 Å². The summed E-state index contributed by atoms with van der Waals surface area (Å²) in [6.45, 7) is 5.36. The van der Waals surface area contributed by atoms with Gasteiger partial charge in [-0.2, -0.15) is 0 Å². The number of carbonyl (C=O) groups excluding carboxylic acids is 1. The maximum Gasteiger partial charge on any atom is 0.411 e. The van der Waals surface area contributed by atoms with Gasteiger partial charge < -0.3 is 9.84 Å². The number of amides is 1. The minimum Gasteiger partial charge on any atom is -0.444 e. The minimum absolute atomic E-state index is 0.0171. The van der Waals surface area contributed by atoms with E-state index in [1.807, 2.05) is 0 Å². The number of hydrogen-bond donors (Lipinski definition) is 2. The highest BCUT2D eigenvalue weighted by Gasteiger charge is 2.14. The van der Waals surface area contributed by atoms with Crippen LogP contribution in [0.5, 0.6) is 0 Å². The zero-order valence-corrected chi connectivity index (χ0v) is 8.78. The molecule has 0 unspecified atom stereocenters. The van der Waals surface area contributed by atoms with Crippen LogP contribution in [-0.2, 0) is 4.74 Å². The number of ether oxygens (including phenoxy) is 1. The summed E-state index contributed by atoms with van der Waals surface area (Å²) in [5, 5.41) is 10.8. The fourth-order valence-corrected chi connectivity index (χ4v) is 0.619. The molecule has 0 radical (unpaired) electrons. The first-order chi connectivity index (χ1) is 6.45. The van der Waals surface area contributed by atoms with Gasteiger partial charge in [-0.1, -0.05) is 12.2 Å². The number of hydrogen-bond acceptors (Lipinski definition) is 3. The van der Waals surface area contributed by atoms with Crippen LogP contribution in [0.3, 0.4) is 0 Å². The summed E-state index contributed by atoms with van der Waals surface area (Å²) in [7, 11) is 0. The first kappa shape index (κ1) is 12.7. The first-order valence-electron chi connectivity index (χ1n) is 4.38. The zero-order chi connectivity index (χ0) is 11.0. The molecule has 0 fully saturated rings. The van der Waals surface area contributed by atoms with Crippen molar-refractivity contribution >= 4 is 6.09 Å². The largest absolute Gasteiger partial charge is 0.444 e. The predicted octanol–water partition coefficient (Wildman–Crippen LogP) is 1.57.